The van der Waals surface area contributed by atoms with Crippen LogP contribution in [0.1, 0.15) is 13.3 Å². The molecule has 1 fully saturated rings. The molecule has 5 heteroatoms. The Labute approximate surface area is 90.5 Å². The maximum atomic E-state index is 11.9. The minimum absolute atomic E-state index is 0.100. The third kappa shape index (κ3) is 3.44. The number of nitrogens with zero attached hydrogens (tertiary/aromatic N) is 1. The summed E-state index contributed by atoms with van der Waals surface area (Å²) in [6.45, 7) is 4.27. The number of ether oxygens (including phenoxy) is 2. The molecular formula is C10H20N2O3. The van der Waals surface area contributed by atoms with E-state index in [-0.39, 0.29) is 18.1 Å². The number of rotatable bonds is 4. The first-order valence-corrected chi connectivity index (χ1v) is 5.29. The van der Waals surface area contributed by atoms with Crippen molar-refractivity contribution in [2.75, 3.05) is 33.4 Å². The van der Waals surface area contributed by atoms with E-state index in [1.54, 1.807) is 7.11 Å². The van der Waals surface area contributed by atoms with E-state index in [1.807, 2.05) is 11.8 Å². The molecule has 1 amide bonds. The first kappa shape index (κ1) is 12.4. The Morgan fingerprint density at radius 3 is 3.00 bits per heavy atom. The van der Waals surface area contributed by atoms with Crippen molar-refractivity contribution in [1.29, 1.82) is 0 Å². The second kappa shape index (κ2) is 6.05. The van der Waals surface area contributed by atoms with Crippen LogP contribution in [-0.4, -0.2) is 56.4 Å². The summed E-state index contributed by atoms with van der Waals surface area (Å²) in [5.41, 5.74) is 5.48. The maximum Gasteiger partial charge on any atom is 0.225 e. The first-order valence-electron chi connectivity index (χ1n) is 5.29. The summed E-state index contributed by atoms with van der Waals surface area (Å²) < 4.78 is 10.4. The molecule has 5 nitrogen and oxygen atoms in total. The SMILES string of the molecule is COC(CN)CC(=O)N1CCOC[C@H]1C. The number of nitrogens with two attached hydrogens (primary N) is 1. The van der Waals surface area contributed by atoms with Gasteiger partial charge in [-0.2, -0.15) is 0 Å². The Balaban J connectivity index is 2.44. The normalized spacial score (nSPS) is 23.9. The van der Waals surface area contributed by atoms with E-state index in [4.69, 9.17) is 15.2 Å². The first-order chi connectivity index (χ1) is 7.19. The zero-order chi connectivity index (χ0) is 11.3. The Bertz CT molecular complexity index is 207. The summed E-state index contributed by atoms with van der Waals surface area (Å²) in [7, 11) is 1.58. The molecule has 0 bridgehead atoms. The van der Waals surface area contributed by atoms with Crippen LogP contribution in [-0.2, 0) is 14.3 Å². The van der Waals surface area contributed by atoms with E-state index in [0.29, 0.717) is 32.7 Å². The van der Waals surface area contributed by atoms with Gasteiger partial charge in [-0.25, -0.2) is 0 Å². The van der Waals surface area contributed by atoms with Crippen LogP contribution in [0.15, 0.2) is 0 Å². The molecule has 0 saturated carbocycles. The molecule has 1 aliphatic rings. The smallest absolute Gasteiger partial charge is 0.225 e. The quantitative estimate of drug-likeness (QED) is 0.694. The molecule has 2 N–H and O–H groups in total. The Morgan fingerprint density at radius 1 is 1.73 bits per heavy atom. The van der Waals surface area contributed by atoms with Crippen molar-refractivity contribution in [3.63, 3.8) is 0 Å². The van der Waals surface area contributed by atoms with Gasteiger partial charge in [0.05, 0.1) is 31.8 Å². The second-order valence-electron chi connectivity index (χ2n) is 3.81. The van der Waals surface area contributed by atoms with Gasteiger partial charge in [0.2, 0.25) is 5.91 Å². The van der Waals surface area contributed by atoms with E-state index >= 15 is 0 Å². The standard InChI is InChI=1S/C10H20N2O3/c1-8-7-15-4-3-12(8)10(13)5-9(6-11)14-2/h8-9H,3-7,11H2,1-2H3/t8-,9?/m1/s1. The molecule has 1 heterocycles. The van der Waals surface area contributed by atoms with Gasteiger partial charge in [0.25, 0.3) is 0 Å². The van der Waals surface area contributed by atoms with Crippen LogP contribution >= 0.6 is 0 Å². The van der Waals surface area contributed by atoms with Crippen LogP contribution < -0.4 is 5.73 Å². The predicted octanol–water partition coefficient (Wildman–Crippen LogP) is -0.402. The lowest BCUT2D eigenvalue weighted by Gasteiger charge is -2.34. The van der Waals surface area contributed by atoms with Gasteiger partial charge in [-0.3, -0.25) is 4.79 Å². The molecule has 0 aliphatic carbocycles. The third-order valence-corrected chi connectivity index (χ3v) is 2.69. The lowest BCUT2D eigenvalue weighted by Crippen LogP contribution is -2.48. The van der Waals surface area contributed by atoms with Gasteiger partial charge in [0.15, 0.2) is 0 Å². The minimum atomic E-state index is -0.174. The number of amides is 1. The summed E-state index contributed by atoms with van der Waals surface area (Å²) in [5, 5.41) is 0. The van der Waals surface area contributed by atoms with Crippen LogP contribution in [0.2, 0.25) is 0 Å². The van der Waals surface area contributed by atoms with Crippen LogP contribution in [0.25, 0.3) is 0 Å². The fraction of sp³-hybridized carbons (Fsp3) is 0.900. The molecule has 1 unspecified atom stereocenters. The second-order valence-corrected chi connectivity index (χ2v) is 3.81. The minimum Gasteiger partial charge on any atom is -0.380 e. The maximum absolute atomic E-state index is 11.9. The molecule has 88 valence electrons. The van der Waals surface area contributed by atoms with Crippen LogP contribution in [0.5, 0.6) is 0 Å². The lowest BCUT2D eigenvalue weighted by molar-refractivity contribution is -0.141. The lowest BCUT2D eigenvalue weighted by atomic mass is 10.2. The van der Waals surface area contributed by atoms with Crippen molar-refractivity contribution in [3.05, 3.63) is 0 Å². The molecule has 1 rings (SSSR count). The van der Waals surface area contributed by atoms with E-state index in [2.05, 4.69) is 0 Å². The Morgan fingerprint density at radius 2 is 2.47 bits per heavy atom. The zero-order valence-electron chi connectivity index (χ0n) is 9.44. The summed E-state index contributed by atoms with van der Waals surface area (Å²) in [6.07, 6.45) is 0.185. The van der Waals surface area contributed by atoms with Gasteiger partial charge in [-0.1, -0.05) is 0 Å². The molecule has 0 aromatic heterocycles. The fourth-order valence-electron chi connectivity index (χ4n) is 1.67. The average Bonchev–Trinajstić information content (AvgIpc) is 2.26. The van der Waals surface area contributed by atoms with Gasteiger partial charge < -0.3 is 20.1 Å². The van der Waals surface area contributed by atoms with Crippen LogP contribution in [0.4, 0.5) is 0 Å². The number of morpholine rings is 1. The number of carbonyl (C=O) groups excluding carboxylic acids is 1. The Hall–Kier alpha value is -0.650. The van der Waals surface area contributed by atoms with Gasteiger partial charge in [-0.05, 0) is 6.92 Å². The van der Waals surface area contributed by atoms with Crippen molar-refractivity contribution >= 4 is 5.91 Å². The molecule has 0 spiro atoms. The van der Waals surface area contributed by atoms with Crippen molar-refractivity contribution in [3.8, 4) is 0 Å². The van der Waals surface area contributed by atoms with E-state index in [1.165, 1.54) is 0 Å². The van der Waals surface area contributed by atoms with Crippen molar-refractivity contribution in [1.82, 2.24) is 4.90 Å². The highest BCUT2D eigenvalue weighted by Crippen LogP contribution is 2.09. The van der Waals surface area contributed by atoms with E-state index in [9.17, 15) is 4.79 Å². The number of hydrogen-bond donors (Lipinski definition) is 1. The van der Waals surface area contributed by atoms with Gasteiger partial charge >= 0.3 is 0 Å². The largest absolute Gasteiger partial charge is 0.380 e. The van der Waals surface area contributed by atoms with E-state index in [0.717, 1.165) is 0 Å². The number of hydrogen-bond acceptors (Lipinski definition) is 4. The summed E-state index contributed by atoms with van der Waals surface area (Å²) >= 11 is 0. The number of carbonyl (C=O) groups is 1. The van der Waals surface area contributed by atoms with Crippen LogP contribution in [0.3, 0.4) is 0 Å². The summed E-state index contributed by atoms with van der Waals surface area (Å²) in [6, 6.07) is 0.154. The molecule has 1 saturated heterocycles. The molecule has 0 aromatic carbocycles. The van der Waals surface area contributed by atoms with E-state index < -0.39 is 0 Å². The van der Waals surface area contributed by atoms with Crippen molar-refractivity contribution in [2.24, 2.45) is 5.73 Å². The monoisotopic (exact) mass is 216 g/mol. The molecule has 15 heavy (non-hydrogen) atoms. The van der Waals surface area contributed by atoms with Crippen LogP contribution in [0, 0.1) is 0 Å². The highest BCUT2D eigenvalue weighted by Gasteiger charge is 2.25. The molecule has 1 aliphatic heterocycles. The zero-order valence-corrected chi connectivity index (χ0v) is 9.44. The Kier molecular flexibility index (Phi) is 5.01. The van der Waals surface area contributed by atoms with Gasteiger partial charge in [0, 0.05) is 20.2 Å². The predicted molar refractivity (Wildman–Crippen MR) is 56.5 cm³/mol. The molecule has 2 atom stereocenters. The molecular weight excluding hydrogens is 196 g/mol. The van der Waals surface area contributed by atoms with Crippen molar-refractivity contribution < 1.29 is 14.3 Å². The highest BCUT2D eigenvalue weighted by atomic mass is 16.5. The average molecular weight is 216 g/mol. The third-order valence-electron chi connectivity index (χ3n) is 2.69. The van der Waals surface area contributed by atoms with Gasteiger partial charge in [-0.15, -0.1) is 0 Å². The summed E-state index contributed by atoms with van der Waals surface area (Å²) in [5.74, 6) is 0.100. The summed E-state index contributed by atoms with van der Waals surface area (Å²) in [4.78, 5) is 13.7. The molecule has 0 radical (unpaired) electrons. The highest BCUT2D eigenvalue weighted by molar-refractivity contribution is 5.77. The molecule has 0 aromatic rings. The van der Waals surface area contributed by atoms with Crippen molar-refractivity contribution in [2.45, 2.75) is 25.5 Å². The van der Waals surface area contributed by atoms with Gasteiger partial charge in [0.1, 0.15) is 0 Å². The topological polar surface area (TPSA) is 64.8 Å². The number of methoxy groups -OCH3 is 1. The fourth-order valence-corrected chi connectivity index (χ4v) is 1.67.